The second-order valence-corrected chi connectivity index (χ2v) is 10.9. The van der Waals surface area contributed by atoms with Crippen LogP contribution in [0.3, 0.4) is 0 Å². The Balaban J connectivity index is 1.80. The predicted molar refractivity (Wildman–Crippen MR) is 146 cm³/mol. The van der Waals surface area contributed by atoms with E-state index in [1.54, 1.807) is 11.9 Å². The lowest BCUT2D eigenvalue weighted by Crippen LogP contribution is -2.51. The van der Waals surface area contributed by atoms with Crippen molar-refractivity contribution in [2.45, 2.75) is 103 Å². The molecule has 0 N–H and O–H groups in total. The number of hydrogen-bond acceptors (Lipinski definition) is 5. The Kier molecular flexibility index (Phi) is 11.4. The van der Waals surface area contributed by atoms with Gasteiger partial charge in [-0.3, -0.25) is 0 Å². The van der Waals surface area contributed by atoms with Crippen LogP contribution in [0.5, 0.6) is 0 Å². The predicted octanol–water partition coefficient (Wildman–Crippen LogP) is 6.76. The van der Waals surface area contributed by atoms with Gasteiger partial charge in [0.05, 0.1) is 31.5 Å². The molecule has 1 amide bonds. The van der Waals surface area contributed by atoms with Crippen LogP contribution in [0.25, 0.3) is 0 Å². The van der Waals surface area contributed by atoms with Crippen molar-refractivity contribution in [1.29, 1.82) is 0 Å². The lowest BCUT2D eigenvalue weighted by molar-refractivity contribution is -0.0903. The molecule has 1 aliphatic rings. The lowest BCUT2D eigenvalue weighted by atomic mass is 10.1. The van der Waals surface area contributed by atoms with Crippen molar-refractivity contribution in [2.24, 2.45) is 0 Å². The molecule has 0 aliphatic heterocycles. The molecule has 1 aliphatic carbocycles. The fraction of sp³-hybridized carbons (Fsp3) is 0.581. The minimum absolute atomic E-state index is 0.206. The van der Waals surface area contributed by atoms with Gasteiger partial charge >= 0.3 is 6.09 Å². The Morgan fingerprint density at radius 3 is 1.95 bits per heavy atom. The summed E-state index contributed by atoms with van der Waals surface area (Å²) in [5.74, 6) is 0. The molecule has 0 saturated heterocycles. The first-order chi connectivity index (χ1) is 17.8. The normalized spacial score (nSPS) is 21.6. The molecule has 37 heavy (non-hydrogen) atoms. The third kappa shape index (κ3) is 9.44. The van der Waals surface area contributed by atoms with Crippen molar-refractivity contribution in [3.05, 3.63) is 71.8 Å². The van der Waals surface area contributed by atoms with Crippen LogP contribution < -0.4 is 0 Å². The smallest absolute Gasteiger partial charge is 0.410 e. The fourth-order valence-electron chi connectivity index (χ4n) is 4.70. The van der Waals surface area contributed by atoms with Gasteiger partial charge in [-0.1, -0.05) is 86.8 Å². The first kappa shape index (κ1) is 29.2. The van der Waals surface area contributed by atoms with Gasteiger partial charge in [-0.05, 0) is 38.3 Å². The fourth-order valence-corrected chi connectivity index (χ4v) is 4.70. The van der Waals surface area contributed by atoms with E-state index in [9.17, 15) is 4.79 Å². The van der Waals surface area contributed by atoms with Gasteiger partial charge in [-0.25, -0.2) is 4.79 Å². The first-order valence-electron chi connectivity index (χ1n) is 13.7. The van der Waals surface area contributed by atoms with Gasteiger partial charge in [-0.2, -0.15) is 0 Å². The first-order valence-corrected chi connectivity index (χ1v) is 13.7. The number of ether oxygens (including phenoxy) is 4. The van der Waals surface area contributed by atoms with Crippen LogP contribution in [0, 0.1) is 0 Å². The minimum Gasteiger partial charge on any atom is -0.444 e. The molecular weight excluding hydrogens is 466 g/mol. The average Bonchev–Trinajstić information content (AvgIpc) is 3.23. The molecule has 0 spiro atoms. The zero-order chi connectivity index (χ0) is 26.7. The number of amides is 1. The summed E-state index contributed by atoms with van der Waals surface area (Å²) in [6.07, 6.45) is 3.95. The number of hydrogen-bond donors (Lipinski definition) is 0. The highest BCUT2D eigenvalue weighted by Crippen LogP contribution is 2.34. The molecule has 2 aromatic carbocycles. The van der Waals surface area contributed by atoms with Gasteiger partial charge < -0.3 is 23.8 Å². The van der Waals surface area contributed by atoms with Crippen LogP contribution in [-0.2, 0) is 32.2 Å². The molecule has 0 radical (unpaired) electrons. The van der Waals surface area contributed by atoms with Crippen molar-refractivity contribution in [2.75, 3.05) is 13.7 Å². The zero-order valence-corrected chi connectivity index (χ0v) is 23.2. The number of nitrogens with zero attached hydrogens (tertiary/aromatic N) is 1. The van der Waals surface area contributed by atoms with Gasteiger partial charge in [0.25, 0.3) is 0 Å². The van der Waals surface area contributed by atoms with Crippen LogP contribution in [0.15, 0.2) is 60.7 Å². The molecule has 0 bridgehead atoms. The molecular formula is C31H45NO5. The summed E-state index contributed by atoms with van der Waals surface area (Å²) in [5.41, 5.74) is 1.60. The maximum atomic E-state index is 13.2. The van der Waals surface area contributed by atoms with Crippen LogP contribution in [0.1, 0.15) is 70.9 Å². The summed E-state index contributed by atoms with van der Waals surface area (Å²) in [4.78, 5) is 14.8. The molecule has 3 rings (SSSR count). The van der Waals surface area contributed by atoms with E-state index in [4.69, 9.17) is 18.9 Å². The van der Waals surface area contributed by atoms with E-state index in [1.165, 1.54) is 12.8 Å². The number of carbonyl (C=O) groups excluding carboxylic acids is 1. The van der Waals surface area contributed by atoms with Gasteiger partial charge in [-0.15, -0.1) is 0 Å². The Labute approximate surface area is 223 Å². The van der Waals surface area contributed by atoms with Crippen molar-refractivity contribution in [3.8, 4) is 0 Å². The summed E-state index contributed by atoms with van der Waals surface area (Å²) in [6.45, 7) is 9.40. The molecule has 4 atom stereocenters. The second kappa shape index (κ2) is 14.5. The van der Waals surface area contributed by atoms with Gasteiger partial charge in [0, 0.05) is 20.1 Å². The summed E-state index contributed by atoms with van der Waals surface area (Å²) < 4.78 is 25.1. The highest BCUT2D eigenvalue weighted by molar-refractivity contribution is 5.68. The van der Waals surface area contributed by atoms with Crippen LogP contribution >= 0.6 is 0 Å². The van der Waals surface area contributed by atoms with Crippen LogP contribution in [0.4, 0.5) is 4.79 Å². The second-order valence-electron chi connectivity index (χ2n) is 10.9. The molecule has 1 fully saturated rings. The van der Waals surface area contributed by atoms with Crippen LogP contribution in [-0.4, -0.2) is 54.6 Å². The van der Waals surface area contributed by atoms with Gasteiger partial charge in [0.1, 0.15) is 11.7 Å². The number of likely N-dealkylation sites (N-methyl/N-ethyl adjacent to an activating group) is 1. The van der Waals surface area contributed by atoms with Crippen molar-refractivity contribution >= 4 is 6.09 Å². The van der Waals surface area contributed by atoms with E-state index >= 15 is 0 Å². The van der Waals surface area contributed by atoms with E-state index in [2.05, 4.69) is 19.1 Å². The average molecular weight is 512 g/mol. The summed E-state index contributed by atoms with van der Waals surface area (Å²) in [6, 6.07) is 19.9. The molecule has 6 heteroatoms. The third-order valence-corrected chi connectivity index (χ3v) is 6.60. The Morgan fingerprint density at radius 2 is 1.41 bits per heavy atom. The molecule has 6 nitrogen and oxygen atoms in total. The SMILES string of the molecule is CCCCCCOC1C(OCc2ccccc2)CC(OCc2ccccc2)C1N(C)C(=O)OC(C)(C)C. The number of benzene rings is 2. The summed E-state index contributed by atoms with van der Waals surface area (Å²) >= 11 is 0. The molecule has 204 valence electrons. The van der Waals surface area contributed by atoms with E-state index < -0.39 is 5.60 Å². The van der Waals surface area contributed by atoms with E-state index in [0.717, 1.165) is 24.0 Å². The largest absolute Gasteiger partial charge is 0.444 e. The van der Waals surface area contributed by atoms with Crippen molar-refractivity contribution in [3.63, 3.8) is 0 Å². The monoisotopic (exact) mass is 511 g/mol. The Hall–Kier alpha value is -2.41. The topological polar surface area (TPSA) is 57.2 Å². The quantitative estimate of drug-likeness (QED) is 0.278. The van der Waals surface area contributed by atoms with E-state index in [-0.39, 0.29) is 30.4 Å². The highest BCUT2D eigenvalue weighted by Gasteiger charge is 2.49. The Bertz CT molecular complexity index is 914. The number of rotatable bonds is 13. The van der Waals surface area contributed by atoms with Gasteiger partial charge in [0.15, 0.2) is 0 Å². The van der Waals surface area contributed by atoms with Crippen LogP contribution in [0.2, 0.25) is 0 Å². The minimum atomic E-state index is -0.593. The maximum Gasteiger partial charge on any atom is 0.410 e. The van der Waals surface area contributed by atoms with Crippen molar-refractivity contribution in [1.82, 2.24) is 4.90 Å². The number of unbranched alkanes of at least 4 members (excludes halogenated alkanes) is 3. The standard InChI is InChI=1S/C31H45NO5/c1-6-7-8-15-20-34-29-27(36-23-25-18-13-10-14-19-25)21-26(35-22-24-16-11-9-12-17-24)28(29)32(5)30(33)37-31(2,3)4/h9-14,16-19,26-29H,6-8,15,20-23H2,1-5H3. The third-order valence-electron chi connectivity index (χ3n) is 6.60. The molecule has 1 saturated carbocycles. The lowest BCUT2D eigenvalue weighted by Gasteiger charge is -2.35. The molecule has 0 aromatic heterocycles. The zero-order valence-electron chi connectivity index (χ0n) is 23.2. The Morgan fingerprint density at radius 1 is 0.838 bits per heavy atom. The van der Waals surface area contributed by atoms with Crippen molar-refractivity contribution < 1.29 is 23.7 Å². The highest BCUT2D eigenvalue weighted by atomic mass is 16.6. The molecule has 2 aromatic rings. The van der Waals surface area contributed by atoms with E-state index in [1.807, 2.05) is 69.3 Å². The van der Waals surface area contributed by atoms with E-state index in [0.29, 0.717) is 26.2 Å². The molecule has 0 heterocycles. The maximum absolute atomic E-state index is 13.2. The summed E-state index contributed by atoms with van der Waals surface area (Å²) in [7, 11) is 1.78. The summed E-state index contributed by atoms with van der Waals surface area (Å²) in [5, 5.41) is 0. The van der Waals surface area contributed by atoms with Gasteiger partial charge in [0.2, 0.25) is 0 Å². The molecule has 4 unspecified atom stereocenters. The number of carbonyl (C=O) groups is 1.